The summed E-state index contributed by atoms with van der Waals surface area (Å²) in [4.78, 5) is 14.4. The fourth-order valence-corrected chi connectivity index (χ4v) is 2.50. The third-order valence-electron chi connectivity index (χ3n) is 2.84. The Hall–Kier alpha value is -1.73. The Kier molecular flexibility index (Phi) is 5.89. The molecule has 7 heteroatoms. The van der Waals surface area contributed by atoms with Gasteiger partial charge in [0.2, 0.25) is 0 Å². The molecular weight excluding hydrogens is 286 g/mol. The van der Waals surface area contributed by atoms with Crippen LogP contribution in [0.2, 0.25) is 0 Å². The van der Waals surface area contributed by atoms with Gasteiger partial charge < -0.3 is 15.4 Å². The van der Waals surface area contributed by atoms with E-state index in [-0.39, 0.29) is 0 Å². The predicted molar refractivity (Wildman–Crippen MR) is 85.7 cm³/mol. The van der Waals surface area contributed by atoms with Crippen molar-refractivity contribution in [2.45, 2.75) is 33.9 Å². The van der Waals surface area contributed by atoms with Gasteiger partial charge >= 0.3 is 0 Å². The molecule has 2 aromatic rings. The van der Waals surface area contributed by atoms with E-state index in [2.05, 4.69) is 25.6 Å². The van der Waals surface area contributed by atoms with Gasteiger partial charge in [0.15, 0.2) is 5.82 Å². The van der Waals surface area contributed by atoms with E-state index in [4.69, 9.17) is 4.74 Å². The molecule has 0 fully saturated rings. The molecule has 0 saturated heterocycles. The quantitative estimate of drug-likeness (QED) is 0.781. The molecule has 2 rings (SSSR count). The highest BCUT2D eigenvalue weighted by Crippen LogP contribution is 2.16. The summed E-state index contributed by atoms with van der Waals surface area (Å²) in [6, 6.07) is 1.91. The minimum atomic E-state index is 0.421. The van der Waals surface area contributed by atoms with E-state index in [1.165, 1.54) is 4.88 Å². The van der Waals surface area contributed by atoms with Gasteiger partial charge in [0, 0.05) is 24.1 Å². The summed E-state index contributed by atoms with van der Waals surface area (Å²) in [5.41, 5.74) is 2.92. The largest absolute Gasteiger partial charge is 0.374 e. The topological polar surface area (TPSA) is 72.0 Å². The molecule has 0 atom stereocenters. The molecule has 0 saturated carbocycles. The molecule has 0 amide bonds. The summed E-state index contributed by atoms with van der Waals surface area (Å²) in [7, 11) is 0. The summed E-state index contributed by atoms with van der Waals surface area (Å²) in [5, 5.41) is 6.54. The fourth-order valence-electron chi connectivity index (χ4n) is 1.78. The molecule has 6 nitrogen and oxygen atoms in total. The molecule has 0 bridgehead atoms. The van der Waals surface area contributed by atoms with Crippen molar-refractivity contribution in [3.8, 4) is 0 Å². The van der Waals surface area contributed by atoms with Crippen molar-refractivity contribution in [1.82, 2.24) is 15.0 Å². The number of anilines is 2. The van der Waals surface area contributed by atoms with E-state index >= 15 is 0 Å². The third-order valence-corrected chi connectivity index (χ3v) is 3.78. The van der Waals surface area contributed by atoms with Gasteiger partial charge in [0.1, 0.15) is 18.2 Å². The average molecular weight is 307 g/mol. The lowest BCUT2D eigenvalue weighted by Gasteiger charge is -2.10. The van der Waals surface area contributed by atoms with Gasteiger partial charge in [-0.2, -0.15) is 0 Å². The molecule has 21 heavy (non-hydrogen) atoms. The maximum absolute atomic E-state index is 5.39. The first-order valence-corrected chi connectivity index (χ1v) is 7.93. The van der Waals surface area contributed by atoms with E-state index in [9.17, 15) is 0 Å². The van der Waals surface area contributed by atoms with Crippen LogP contribution in [-0.2, 0) is 17.9 Å². The van der Waals surface area contributed by atoms with Gasteiger partial charge in [0.05, 0.1) is 17.7 Å². The van der Waals surface area contributed by atoms with Crippen LogP contribution in [0.1, 0.15) is 30.2 Å². The van der Waals surface area contributed by atoms with Crippen molar-refractivity contribution in [2.24, 2.45) is 0 Å². The second kappa shape index (κ2) is 7.90. The number of aromatic nitrogens is 3. The lowest BCUT2D eigenvalue weighted by atomic mass is 10.4. The molecule has 2 N–H and O–H groups in total. The van der Waals surface area contributed by atoms with Crippen LogP contribution in [0.3, 0.4) is 0 Å². The van der Waals surface area contributed by atoms with E-state index in [0.717, 1.165) is 23.9 Å². The molecule has 0 aromatic carbocycles. The number of nitrogens with zero attached hydrogens (tertiary/aromatic N) is 3. The molecule has 0 unspecified atom stereocenters. The Bertz CT molecular complexity index is 572. The van der Waals surface area contributed by atoms with Crippen molar-refractivity contribution >= 4 is 23.0 Å². The summed E-state index contributed by atoms with van der Waals surface area (Å²) in [5.74, 6) is 2.29. The van der Waals surface area contributed by atoms with Crippen molar-refractivity contribution < 1.29 is 4.74 Å². The van der Waals surface area contributed by atoms with Gasteiger partial charge in [-0.3, -0.25) is 0 Å². The molecule has 0 spiro atoms. The molecule has 2 heterocycles. The van der Waals surface area contributed by atoms with Crippen LogP contribution in [-0.4, -0.2) is 28.1 Å². The zero-order chi connectivity index (χ0) is 15.1. The number of nitrogens with one attached hydrogen (secondary N) is 2. The summed E-state index contributed by atoms with van der Waals surface area (Å²) < 4.78 is 5.39. The zero-order valence-corrected chi connectivity index (χ0v) is 13.5. The highest BCUT2D eigenvalue weighted by atomic mass is 32.1. The molecular formula is C14H21N5OS. The Morgan fingerprint density at radius 3 is 2.57 bits per heavy atom. The van der Waals surface area contributed by atoms with Gasteiger partial charge in [-0.1, -0.05) is 0 Å². The van der Waals surface area contributed by atoms with Crippen LogP contribution in [0.4, 0.5) is 11.6 Å². The van der Waals surface area contributed by atoms with E-state index in [1.54, 1.807) is 11.3 Å². The van der Waals surface area contributed by atoms with Gasteiger partial charge in [0.25, 0.3) is 0 Å². The number of hydrogen-bond donors (Lipinski definition) is 2. The Labute approximate surface area is 129 Å². The smallest absolute Gasteiger partial charge is 0.158 e. The summed E-state index contributed by atoms with van der Waals surface area (Å²) in [6.07, 6.45) is 0. The van der Waals surface area contributed by atoms with Crippen molar-refractivity contribution in [3.05, 3.63) is 28.0 Å². The number of rotatable bonds is 8. The molecule has 0 aliphatic heterocycles. The van der Waals surface area contributed by atoms with Gasteiger partial charge in [-0.25, -0.2) is 15.0 Å². The van der Waals surface area contributed by atoms with Crippen LogP contribution >= 0.6 is 11.3 Å². The van der Waals surface area contributed by atoms with Crippen LogP contribution in [0, 0.1) is 6.92 Å². The first-order valence-electron chi connectivity index (χ1n) is 7.05. The van der Waals surface area contributed by atoms with Crippen LogP contribution in [0.5, 0.6) is 0 Å². The maximum atomic E-state index is 5.39. The molecule has 0 aliphatic rings. The lowest BCUT2D eigenvalue weighted by molar-refractivity contribution is 0.128. The number of hydrogen-bond acceptors (Lipinski definition) is 7. The minimum absolute atomic E-state index is 0.421. The predicted octanol–water partition coefficient (Wildman–Crippen LogP) is 2.82. The van der Waals surface area contributed by atoms with Gasteiger partial charge in [-0.15, -0.1) is 11.3 Å². The lowest BCUT2D eigenvalue weighted by Crippen LogP contribution is -2.09. The monoisotopic (exact) mass is 307 g/mol. The highest BCUT2D eigenvalue weighted by Gasteiger charge is 2.06. The second-order valence-corrected chi connectivity index (χ2v) is 5.38. The minimum Gasteiger partial charge on any atom is -0.374 e. The van der Waals surface area contributed by atoms with E-state index in [0.29, 0.717) is 25.6 Å². The highest BCUT2D eigenvalue weighted by molar-refractivity contribution is 7.09. The number of aryl methyl sites for hydroxylation is 1. The van der Waals surface area contributed by atoms with Crippen LogP contribution in [0.25, 0.3) is 0 Å². The van der Waals surface area contributed by atoms with Crippen molar-refractivity contribution in [3.63, 3.8) is 0 Å². The standard InChI is InChI=1S/C14H21N5OS/c1-4-15-12-6-13(19-14(18-12)8-20-5-2)16-7-11-10(3)17-9-21-11/h6,9H,4-5,7-8H2,1-3H3,(H2,15,16,18,19). The SMILES string of the molecule is CCNc1cc(NCc2scnc2C)nc(COCC)n1. The van der Waals surface area contributed by atoms with Crippen molar-refractivity contribution in [2.75, 3.05) is 23.8 Å². The molecule has 0 aliphatic carbocycles. The average Bonchev–Trinajstić information content (AvgIpc) is 2.88. The normalized spacial score (nSPS) is 10.6. The van der Waals surface area contributed by atoms with Crippen LogP contribution in [0.15, 0.2) is 11.6 Å². The summed E-state index contributed by atoms with van der Waals surface area (Å²) >= 11 is 1.64. The van der Waals surface area contributed by atoms with Crippen LogP contribution < -0.4 is 10.6 Å². The van der Waals surface area contributed by atoms with E-state index in [1.807, 2.05) is 32.3 Å². The Morgan fingerprint density at radius 1 is 1.19 bits per heavy atom. The van der Waals surface area contributed by atoms with E-state index < -0.39 is 0 Å². The second-order valence-electron chi connectivity index (χ2n) is 4.44. The van der Waals surface area contributed by atoms with Crippen molar-refractivity contribution in [1.29, 1.82) is 0 Å². The third kappa shape index (κ3) is 4.64. The first kappa shape index (κ1) is 15.7. The Morgan fingerprint density at radius 2 is 1.95 bits per heavy atom. The molecule has 0 radical (unpaired) electrons. The Balaban J connectivity index is 2.09. The summed E-state index contributed by atoms with van der Waals surface area (Å²) in [6.45, 7) is 8.61. The number of ether oxygens (including phenoxy) is 1. The number of thiazole rings is 1. The molecule has 2 aromatic heterocycles. The maximum Gasteiger partial charge on any atom is 0.158 e. The molecule has 114 valence electrons. The first-order chi connectivity index (χ1) is 10.2. The fraction of sp³-hybridized carbons (Fsp3) is 0.500. The van der Waals surface area contributed by atoms with Gasteiger partial charge in [-0.05, 0) is 20.8 Å². The zero-order valence-electron chi connectivity index (χ0n) is 12.6.